The lowest BCUT2D eigenvalue weighted by Gasteiger charge is -2.28. The van der Waals surface area contributed by atoms with E-state index in [1.165, 1.54) is 31.5 Å². The van der Waals surface area contributed by atoms with Gasteiger partial charge in [0.05, 0.1) is 0 Å². The molecule has 2 aliphatic rings. The van der Waals surface area contributed by atoms with Gasteiger partial charge in [0, 0.05) is 6.54 Å². The molecule has 0 aromatic carbocycles. The number of hydrogen-bond acceptors (Lipinski definition) is 1. The van der Waals surface area contributed by atoms with Crippen molar-refractivity contribution < 1.29 is 0 Å². The Hall–Kier alpha value is -0.560. The normalized spacial score (nSPS) is 30.5. The van der Waals surface area contributed by atoms with Crippen LogP contribution in [-0.2, 0) is 0 Å². The molecule has 1 N–H and O–H groups in total. The summed E-state index contributed by atoms with van der Waals surface area (Å²) in [6.07, 6.45) is 7.23. The zero-order chi connectivity index (χ0) is 7.68. The molecular formula is C10H15N. The van der Waals surface area contributed by atoms with Crippen molar-refractivity contribution in [1.82, 2.24) is 5.32 Å². The molecule has 60 valence electrons. The van der Waals surface area contributed by atoms with E-state index in [4.69, 9.17) is 0 Å². The Bertz CT molecular complexity index is 213. The Kier molecular flexibility index (Phi) is 1.82. The van der Waals surface area contributed by atoms with E-state index in [1.807, 2.05) is 0 Å². The highest BCUT2D eigenvalue weighted by Gasteiger charge is 2.19. The fraction of sp³-hybridized carbons (Fsp3) is 0.600. The summed E-state index contributed by atoms with van der Waals surface area (Å²) in [6, 6.07) is 0. The maximum Gasteiger partial charge on any atom is 0.00201 e. The molecule has 0 spiro atoms. The average molecular weight is 149 g/mol. The maximum absolute atomic E-state index is 3.43. The summed E-state index contributed by atoms with van der Waals surface area (Å²) >= 11 is 0. The molecule has 1 heterocycles. The Morgan fingerprint density at radius 3 is 3.36 bits per heavy atom. The number of allylic oxidation sites excluding steroid dienone is 3. The van der Waals surface area contributed by atoms with Crippen LogP contribution in [-0.4, -0.2) is 13.1 Å². The maximum atomic E-state index is 3.43. The fourth-order valence-electron chi connectivity index (χ4n) is 1.95. The third kappa shape index (κ3) is 1.38. The van der Waals surface area contributed by atoms with Crippen LogP contribution in [0.2, 0.25) is 0 Å². The Balaban J connectivity index is 2.17. The second-order valence-corrected chi connectivity index (χ2v) is 3.55. The second kappa shape index (κ2) is 2.82. The van der Waals surface area contributed by atoms with Crippen LogP contribution in [0, 0.1) is 5.92 Å². The molecule has 1 aliphatic carbocycles. The van der Waals surface area contributed by atoms with E-state index in [1.54, 1.807) is 5.57 Å². The smallest absolute Gasteiger partial charge is 0.00201 e. The Morgan fingerprint density at radius 2 is 2.45 bits per heavy atom. The van der Waals surface area contributed by atoms with Gasteiger partial charge in [-0.2, -0.15) is 0 Å². The standard InChI is InChI=1S/C10H15N/c1-8-2-3-10-7-11-5-4-9(10)6-8/h2,6,10-11H,3-5,7H2,1H3. The summed E-state index contributed by atoms with van der Waals surface area (Å²) in [5, 5.41) is 3.43. The van der Waals surface area contributed by atoms with Crippen molar-refractivity contribution in [3.8, 4) is 0 Å². The molecule has 0 aromatic rings. The first-order chi connectivity index (χ1) is 5.36. The van der Waals surface area contributed by atoms with E-state index >= 15 is 0 Å². The van der Waals surface area contributed by atoms with E-state index in [0.717, 1.165) is 5.92 Å². The van der Waals surface area contributed by atoms with Crippen LogP contribution in [0.4, 0.5) is 0 Å². The van der Waals surface area contributed by atoms with E-state index < -0.39 is 0 Å². The van der Waals surface area contributed by atoms with Crippen molar-refractivity contribution in [3.63, 3.8) is 0 Å². The summed E-state index contributed by atoms with van der Waals surface area (Å²) in [5.41, 5.74) is 3.13. The fourth-order valence-corrected chi connectivity index (χ4v) is 1.95. The van der Waals surface area contributed by atoms with Gasteiger partial charge in [-0.05, 0) is 32.2 Å². The molecule has 0 aromatic heterocycles. The molecule has 1 atom stereocenters. The number of rotatable bonds is 0. The molecule has 2 rings (SSSR count). The predicted molar refractivity (Wildman–Crippen MR) is 47.4 cm³/mol. The number of hydrogen-bond donors (Lipinski definition) is 1. The van der Waals surface area contributed by atoms with Crippen LogP contribution in [0.3, 0.4) is 0 Å². The second-order valence-electron chi connectivity index (χ2n) is 3.55. The van der Waals surface area contributed by atoms with Gasteiger partial charge in [0.2, 0.25) is 0 Å². The molecule has 1 nitrogen and oxygen atoms in total. The summed E-state index contributed by atoms with van der Waals surface area (Å²) < 4.78 is 0. The first-order valence-corrected chi connectivity index (χ1v) is 4.44. The van der Waals surface area contributed by atoms with Gasteiger partial charge in [-0.3, -0.25) is 0 Å². The Morgan fingerprint density at radius 1 is 1.55 bits per heavy atom. The lowest BCUT2D eigenvalue weighted by molar-refractivity contribution is 0.470. The largest absolute Gasteiger partial charge is 0.316 e. The van der Waals surface area contributed by atoms with E-state index in [2.05, 4.69) is 24.4 Å². The SMILES string of the molecule is CC1=CCC2CNCCC2=C1. The predicted octanol–water partition coefficient (Wildman–Crippen LogP) is 1.87. The molecule has 0 radical (unpaired) electrons. The highest BCUT2D eigenvalue weighted by atomic mass is 14.9. The lowest BCUT2D eigenvalue weighted by Crippen LogP contribution is -2.32. The van der Waals surface area contributed by atoms with E-state index in [9.17, 15) is 0 Å². The number of fused-ring (bicyclic) bond motifs is 1. The minimum atomic E-state index is 0.812. The molecule has 0 bridgehead atoms. The lowest BCUT2D eigenvalue weighted by atomic mass is 9.85. The van der Waals surface area contributed by atoms with Gasteiger partial charge in [-0.15, -0.1) is 0 Å². The van der Waals surface area contributed by atoms with Crippen LogP contribution in [0.1, 0.15) is 19.8 Å². The van der Waals surface area contributed by atoms with Crippen molar-refractivity contribution in [1.29, 1.82) is 0 Å². The molecule has 0 saturated carbocycles. The van der Waals surface area contributed by atoms with Crippen molar-refractivity contribution >= 4 is 0 Å². The summed E-state index contributed by atoms with van der Waals surface area (Å²) in [5.74, 6) is 0.812. The van der Waals surface area contributed by atoms with Crippen molar-refractivity contribution in [2.75, 3.05) is 13.1 Å². The zero-order valence-electron chi connectivity index (χ0n) is 7.06. The van der Waals surface area contributed by atoms with Gasteiger partial charge < -0.3 is 5.32 Å². The summed E-state index contributed by atoms with van der Waals surface area (Å²) in [7, 11) is 0. The van der Waals surface area contributed by atoms with Gasteiger partial charge in [0.1, 0.15) is 0 Å². The topological polar surface area (TPSA) is 12.0 Å². The minimum Gasteiger partial charge on any atom is -0.316 e. The zero-order valence-corrected chi connectivity index (χ0v) is 7.06. The third-order valence-electron chi connectivity index (χ3n) is 2.64. The molecular weight excluding hydrogens is 134 g/mol. The van der Waals surface area contributed by atoms with Crippen LogP contribution in [0.25, 0.3) is 0 Å². The van der Waals surface area contributed by atoms with Crippen molar-refractivity contribution in [2.24, 2.45) is 5.92 Å². The molecule has 1 aliphatic heterocycles. The Labute approximate surface area is 68.2 Å². The quantitative estimate of drug-likeness (QED) is 0.554. The number of nitrogens with one attached hydrogen (secondary N) is 1. The van der Waals surface area contributed by atoms with Gasteiger partial charge in [0.25, 0.3) is 0 Å². The summed E-state index contributed by atoms with van der Waals surface area (Å²) in [6.45, 7) is 4.57. The molecule has 11 heavy (non-hydrogen) atoms. The molecule has 1 fully saturated rings. The van der Waals surface area contributed by atoms with Crippen LogP contribution in [0.15, 0.2) is 23.3 Å². The van der Waals surface area contributed by atoms with Crippen LogP contribution in [0.5, 0.6) is 0 Å². The molecule has 1 saturated heterocycles. The first kappa shape index (κ1) is 7.11. The van der Waals surface area contributed by atoms with E-state index in [-0.39, 0.29) is 0 Å². The van der Waals surface area contributed by atoms with Crippen LogP contribution >= 0.6 is 0 Å². The molecule has 0 amide bonds. The van der Waals surface area contributed by atoms with Crippen molar-refractivity contribution in [3.05, 3.63) is 23.3 Å². The molecule has 1 unspecified atom stereocenters. The third-order valence-corrected chi connectivity index (χ3v) is 2.64. The van der Waals surface area contributed by atoms with Crippen LogP contribution < -0.4 is 5.32 Å². The van der Waals surface area contributed by atoms with Gasteiger partial charge >= 0.3 is 0 Å². The minimum absolute atomic E-state index is 0.812. The van der Waals surface area contributed by atoms with E-state index in [0.29, 0.717) is 0 Å². The average Bonchev–Trinajstić information content (AvgIpc) is 2.04. The number of piperidine rings is 1. The highest BCUT2D eigenvalue weighted by Crippen LogP contribution is 2.27. The van der Waals surface area contributed by atoms with Crippen molar-refractivity contribution in [2.45, 2.75) is 19.8 Å². The van der Waals surface area contributed by atoms with Gasteiger partial charge in [-0.25, -0.2) is 0 Å². The van der Waals surface area contributed by atoms with Gasteiger partial charge in [0.15, 0.2) is 0 Å². The highest BCUT2D eigenvalue weighted by molar-refractivity contribution is 5.29. The summed E-state index contributed by atoms with van der Waals surface area (Å²) in [4.78, 5) is 0. The molecule has 1 heteroatoms. The van der Waals surface area contributed by atoms with Gasteiger partial charge in [-0.1, -0.05) is 23.3 Å². The monoisotopic (exact) mass is 149 g/mol. The first-order valence-electron chi connectivity index (χ1n) is 4.44.